The van der Waals surface area contributed by atoms with Gasteiger partial charge in [0.2, 0.25) is 0 Å². The molecule has 1 N–H and O–H groups in total. The number of carboxylic acid groups (broad SMARTS) is 1. The van der Waals surface area contributed by atoms with Gasteiger partial charge in [0.15, 0.2) is 0 Å². The predicted molar refractivity (Wildman–Crippen MR) is 51.0 cm³/mol. The Bertz CT molecular complexity index is 259. The molecule has 0 amide bonds. The van der Waals surface area contributed by atoms with Gasteiger partial charge in [0, 0.05) is 0 Å². The Morgan fingerprint density at radius 1 is 0.917 bits per heavy atom. The number of halogens is 5. The summed E-state index contributed by atoms with van der Waals surface area (Å²) in [6, 6.07) is 0. The molecular weight excluding hydrogens is 269 g/mol. The molecule has 0 bridgehead atoms. The highest BCUT2D eigenvalue weighted by atomic mass is 35.5. The van der Waals surface area contributed by atoms with Crippen LogP contribution in [0.25, 0.3) is 0 Å². The quantitative estimate of drug-likeness (QED) is 0.614. The molecule has 0 rings (SSSR count). The highest BCUT2D eigenvalue weighted by Gasteiger charge is 2.18. The van der Waals surface area contributed by atoms with Crippen LogP contribution in [0.5, 0.6) is 0 Å². The lowest BCUT2D eigenvalue weighted by Gasteiger charge is -1.99. The molecule has 0 unspecified atom stereocenters. The van der Waals surface area contributed by atoms with Gasteiger partial charge in [0.1, 0.15) is 14.6 Å². The summed E-state index contributed by atoms with van der Waals surface area (Å²) < 4.78 is -0.917. The summed E-state index contributed by atoms with van der Waals surface area (Å²) in [5.74, 6) is -1.40. The van der Waals surface area contributed by atoms with Crippen LogP contribution in [0.4, 0.5) is 0 Å². The van der Waals surface area contributed by atoms with E-state index in [1.165, 1.54) is 0 Å². The van der Waals surface area contributed by atoms with E-state index in [1.807, 2.05) is 0 Å². The topological polar surface area (TPSA) is 37.3 Å². The zero-order valence-electron chi connectivity index (χ0n) is 5.25. The van der Waals surface area contributed by atoms with Crippen LogP contribution in [0.2, 0.25) is 0 Å². The highest BCUT2D eigenvalue weighted by Crippen LogP contribution is 2.30. The van der Waals surface area contributed by atoms with Crippen molar-refractivity contribution >= 4 is 64.0 Å². The fraction of sp³-hybridized carbons (Fsp3) is 0. The minimum Gasteiger partial charge on any atom is -0.478 e. The molecule has 0 fully saturated rings. The molecule has 0 saturated carbocycles. The van der Waals surface area contributed by atoms with Crippen LogP contribution in [-0.2, 0) is 4.79 Å². The summed E-state index contributed by atoms with van der Waals surface area (Å²) in [4.78, 5) is 10.4. The first-order valence-corrected chi connectivity index (χ1v) is 4.26. The van der Waals surface area contributed by atoms with Gasteiger partial charge in [-0.2, -0.15) is 0 Å². The summed E-state index contributed by atoms with van der Waals surface area (Å²) in [5.41, 5.74) is -0.528. The van der Waals surface area contributed by atoms with E-state index in [1.54, 1.807) is 0 Å². The normalized spacial score (nSPS) is 9.08. The van der Waals surface area contributed by atoms with Crippen LogP contribution in [0.15, 0.2) is 19.6 Å². The van der Waals surface area contributed by atoms with Crippen molar-refractivity contribution in [3.8, 4) is 0 Å². The maximum absolute atomic E-state index is 10.4. The molecule has 0 aliphatic heterocycles. The third-order valence-corrected chi connectivity index (χ3v) is 2.12. The lowest BCUT2D eigenvalue weighted by Crippen LogP contribution is -2.01. The minimum absolute atomic E-state index is 0.397. The molecule has 12 heavy (non-hydrogen) atoms. The number of aliphatic carboxylic acids is 1. The second kappa shape index (κ2) is 5.20. The third-order valence-electron chi connectivity index (χ3n) is 0.788. The van der Waals surface area contributed by atoms with Crippen molar-refractivity contribution in [3.05, 3.63) is 19.6 Å². The van der Waals surface area contributed by atoms with Crippen molar-refractivity contribution in [2.45, 2.75) is 0 Å². The van der Waals surface area contributed by atoms with Gasteiger partial charge in [-0.05, 0) is 0 Å². The molecule has 0 aliphatic rings. The van der Waals surface area contributed by atoms with Gasteiger partial charge in [-0.3, -0.25) is 0 Å². The maximum Gasteiger partial charge on any atom is 0.339 e. The summed E-state index contributed by atoms with van der Waals surface area (Å²) in [6.45, 7) is 0. The Morgan fingerprint density at radius 3 is 1.42 bits per heavy atom. The van der Waals surface area contributed by atoms with E-state index in [9.17, 15) is 4.79 Å². The highest BCUT2D eigenvalue weighted by molar-refractivity contribution is 6.62. The monoisotopic (exact) mass is 268 g/mol. The molecule has 2 nitrogen and oxygen atoms in total. The van der Waals surface area contributed by atoms with Gasteiger partial charge >= 0.3 is 5.97 Å². The van der Waals surface area contributed by atoms with E-state index in [0.29, 0.717) is 0 Å². The number of hydrogen-bond donors (Lipinski definition) is 1. The molecule has 0 radical (unpaired) electrons. The summed E-state index contributed by atoms with van der Waals surface area (Å²) in [6.07, 6.45) is 0. The molecule has 0 spiro atoms. The van der Waals surface area contributed by atoms with Crippen molar-refractivity contribution in [2.75, 3.05) is 0 Å². The van der Waals surface area contributed by atoms with Crippen molar-refractivity contribution < 1.29 is 9.90 Å². The predicted octanol–water partition coefficient (Wildman–Crippen LogP) is 3.65. The van der Waals surface area contributed by atoms with E-state index < -0.39 is 25.6 Å². The Morgan fingerprint density at radius 2 is 1.33 bits per heavy atom. The Hall–Kier alpha value is 0.400. The lowest BCUT2D eigenvalue weighted by molar-refractivity contribution is -0.132. The van der Waals surface area contributed by atoms with E-state index >= 15 is 0 Å². The van der Waals surface area contributed by atoms with Gasteiger partial charge in [-0.25, -0.2) is 4.79 Å². The summed E-state index contributed by atoms with van der Waals surface area (Å²) in [5, 5.41) is 8.10. The second-order valence-electron chi connectivity index (χ2n) is 1.51. The van der Waals surface area contributed by atoms with Gasteiger partial charge < -0.3 is 5.11 Å². The van der Waals surface area contributed by atoms with Crippen LogP contribution < -0.4 is 0 Å². The van der Waals surface area contributed by atoms with Gasteiger partial charge in [0.25, 0.3) is 0 Å². The molecule has 0 saturated heterocycles. The van der Waals surface area contributed by atoms with Crippen molar-refractivity contribution in [1.82, 2.24) is 0 Å². The number of rotatable bonds is 2. The smallest absolute Gasteiger partial charge is 0.339 e. The van der Waals surface area contributed by atoms with Gasteiger partial charge in [-0.15, -0.1) is 0 Å². The third kappa shape index (κ3) is 3.42. The van der Waals surface area contributed by atoms with Crippen LogP contribution in [0, 0.1) is 0 Å². The fourth-order valence-corrected chi connectivity index (χ4v) is 1.16. The lowest BCUT2D eigenvalue weighted by atomic mass is 10.3. The average Bonchev–Trinajstić information content (AvgIpc) is 1.85. The Balaban J connectivity index is 5.21. The Kier molecular flexibility index (Phi) is 5.37. The largest absolute Gasteiger partial charge is 0.478 e. The van der Waals surface area contributed by atoms with Crippen LogP contribution >= 0.6 is 58.0 Å². The van der Waals surface area contributed by atoms with E-state index in [2.05, 4.69) is 0 Å². The first-order chi connectivity index (χ1) is 5.37. The SMILES string of the molecule is O=C(O)C(=C(Cl)Cl)C(Cl)=C(Cl)Cl. The molecule has 0 atom stereocenters. The van der Waals surface area contributed by atoms with E-state index in [-0.39, 0.29) is 0 Å². The van der Waals surface area contributed by atoms with E-state index in [4.69, 9.17) is 63.1 Å². The zero-order valence-corrected chi connectivity index (χ0v) is 9.02. The number of hydrogen-bond acceptors (Lipinski definition) is 1. The molecule has 0 aromatic carbocycles. The molecule has 0 heterocycles. The minimum atomic E-state index is -1.40. The van der Waals surface area contributed by atoms with Crippen LogP contribution in [0.3, 0.4) is 0 Å². The van der Waals surface area contributed by atoms with Crippen LogP contribution in [-0.4, -0.2) is 11.1 Å². The standard InChI is InChI=1S/C5HCl5O2/c6-2(4(9)10)1(3(7)8)5(11)12/h(H,11,12). The number of carboxylic acids is 1. The molecule has 0 aliphatic carbocycles. The maximum atomic E-state index is 10.4. The molecule has 0 aromatic rings. The van der Waals surface area contributed by atoms with Crippen molar-refractivity contribution in [3.63, 3.8) is 0 Å². The Labute approximate surface area is 93.3 Å². The average molecular weight is 270 g/mol. The molecular formula is C5HCl5O2. The van der Waals surface area contributed by atoms with Gasteiger partial charge in [0.05, 0.1) is 5.03 Å². The summed E-state index contributed by atoms with van der Waals surface area (Å²) in [7, 11) is 0. The van der Waals surface area contributed by atoms with Crippen molar-refractivity contribution in [1.29, 1.82) is 0 Å². The van der Waals surface area contributed by atoms with E-state index in [0.717, 1.165) is 0 Å². The molecule has 68 valence electrons. The first kappa shape index (κ1) is 12.4. The first-order valence-electron chi connectivity index (χ1n) is 2.37. The van der Waals surface area contributed by atoms with Crippen LogP contribution in [0.1, 0.15) is 0 Å². The van der Waals surface area contributed by atoms with Crippen molar-refractivity contribution in [2.24, 2.45) is 0 Å². The van der Waals surface area contributed by atoms with Gasteiger partial charge in [-0.1, -0.05) is 58.0 Å². The zero-order chi connectivity index (χ0) is 9.89. The molecule has 7 heteroatoms. The second-order valence-corrected chi connectivity index (χ2v) is 3.79. The fourth-order valence-electron chi connectivity index (χ4n) is 0.352. The molecule has 0 aromatic heterocycles. The number of carbonyl (C=O) groups is 1. The summed E-state index contributed by atoms with van der Waals surface area (Å²) >= 11 is 26.2.